The van der Waals surface area contributed by atoms with Gasteiger partial charge in [-0.2, -0.15) is 0 Å². The highest BCUT2D eigenvalue weighted by molar-refractivity contribution is 5.72. The molecule has 0 radical (unpaired) electrons. The van der Waals surface area contributed by atoms with Gasteiger partial charge in [-0.1, -0.05) is 24.3 Å². The summed E-state index contributed by atoms with van der Waals surface area (Å²) in [6.45, 7) is 3.00. The normalized spacial score (nSPS) is 11.1. The van der Waals surface area contributed by atoms with E-state index in [0.717, 1.165) is 31.6 Å². The molecular weight excluding hydrogens is 252 g/mol. The van der Waals surface area contributed by atoms with Crippen molar-refractivity contribution in [2.24, 2.45) is 0 Å². The Labute approximate surface area is 122 Å². The molecule has 0 heterocycles. The number of methoxy groups -OCH3 is 1. The lowest BCUT2D eigenvalue weighted by atomic mass is 10.0. The van der Waals surface area contributed by atoms with Gasteiger partial charge < -0.3 is 14.5 Å². The Balaban J connectivity index is 2.55. The highest BCUT2D eigenvalue weighted by atomic mass is 16.5. The van der Waals surface area contributed by atoms with Crippen LogP contribution in [0.15, 0.2) is 24.3 Å². The van der Waals surface area contributed by atoms with Gasteiger partial charge in [0.05, 0.1) is 13.5 Å². The molecule has 1 rings (SSSR count). The van der Waals surface area contributed by atoms with Gasteiger partial charge in [0.15, 0.2) is 0 Å². The minimum absolute atomic E-state index is 0.187. The Bertz CT molecular complexity index is 419. The number of hydrogen-bond donors (Lipinski definition) is 0. The summed E-state index contributed by atoms with van der Waals surface area (Å²) in [5, 5.41) is 0. The van der Waals surface area contributed by atoms with Gasteiger partial charge in [0.25, 0.3) is 0 Å². The van der Waals surface area contributed by atoms with Gasteiger partial charge in [0, 0.05) is 6.54 Å². The third-order valence-corrected chi connectivity index (χ3v) is 3.27. The summed E-state index contributed by atoms with van der Waals surface area (Å²) < 4.78 is 4.75. The summed E-state index contributed by atoms with van der Waals surface area (Å²) in [6, 6.07) is 8.07. The highest BCUT2D eigenvalue weighted by Crippen LogP contribution is 2.12. The average Bonchev–Trinajstić information content (AvgIpc) is 2.40. The van der Waals surface area contributed by atoms with Gasteiger partial charge in [-0.3, -0.25) is 4.79 Å². The summed E-state index contributed by atoms with van der Waals surface area (Å²) in [7, 11) is 7.72. The van der Waals surface area contributed by atoms with E-state index in [1.165, 1.54) is 12.7 Å². The largest absolute Gasteiger partial charge is 0.469 e. The molecule has 1 aromatic rings. The maximum Gasteiger partial charge on any atom is 0.309 e. The van der Waals surface area contributed by atoms with Crippen LogP contribution in [-0.4, -0.2) is 57.1 Å². The van der Waals surface area contributed by atoms with Gasteiger partial charge in [-0.25, -0.2) is 0 Å². The van der Waals surface area contributed by atoms with Crippen LogP contribution in [0.3, 0.4) is 0 Å². The Hall–Kier alpha value is -1.39. The van der Waals surface area contributed by atoms with Crippen molar-refractivity contribution in [2.75, 3.05) is 41.3 Å². The van der Waals surface area contributed by atoms with Crippen LogP contribution >= 0.6 is 0 Å². The van der Waals surface area contributed by atoms with Gasteiger partial charge in [0.2, 0.25) is 0 Å². The molecule has 112 valence electrons. The third kappa shape index (κ3) is 6.17. The first kappa shape index (κ1) is 16.7. The van der Waals surface area contributed by atoms with E-state index in [1.54, 1.807) is 0 Å². The molecule has 0 N–H and O–H groups in total. The predicted octanol–water partition coefficient (Wildman–Crippen LogP) is 1.79. The summed E-state index contributed by atoms with van der Waals surface area (Å²) in [6.07, 6.45) is 1.49. The molecule has 20 heavy (non-hydrogen) atoms. The fourth-order valence-corrected chi connectivity index (χ4v) is 2.14. The smallest absolute Gasteiger partial charge is 0.309 e. The standard InChI is InChI=1S/C16H26N2O2/c1-17(2)10-7-11-18(3)13-15-9-6-5-8-14(15)12-16(19)20-4/h5-6,8-9H,7,10-13H2,1-4H3. The van der Waals surface area contributed by atoms with Crippen molar-refractivity contribution in [1.29, 1.82) is 0 Å². The molecule has 0 saturated heterocycles. The van der Waals surface area contributed by atoms with Crippen LogP contribution < -0.4 is 0 Å². The maximum absolute atomic E-state index is 11.4. The second kappa shape index (κ2) is 8.72. The van der Waals surface area contributed by atoms with Crippen molar-refractivity contribution in [3.63, 3.8) is 0 Å². The second-order valence-corrected chi connectivity index (χ2v) is 5.42. The number of rotatable bonds is 8. The van der Waals surface area contributed by atoms with E-state index in [-0.39, 0.29) is 5.97 Å². The van der Waals surface area contributed by atoms with Crippen molar-refractivity contribution >= 4 is 5.97 Å². The number of benzene rings is 1. The van der Waals surface area contributed by atoms with Crippen molar-refractivity contribution < 1.29 is 9.53 Å². The summed E-state index contributed by atoms with van der Waals surface area (Å²) in [4.78, 5) is 15.9. The highest BCUT2D eigenvalue weighted by Gasteiger charge is 2.09. The summed E-state index contributed by atoms with van der Waals surface area (Å²) in [5.41, 5.74) is 2.25. The monoisotopic (exact) mass is 278 g/mol. The van der Waals surface area contributed by atoms with E-state index in [4.69, 9.17) is 4.74 Å². The van der Waals surface area contributed by atoms with E-state index in [9.17, 15) is 4.79 Å². The van der Waals surface area contributed by atoms with Crippen LogP contribution in [0.5, 0.6) is 0 Å². The summed E-state index contributed by atoms with van der Waals surface area (Å²) >= 11 is 0. The number of esters is 1. The molecular formula is C16H26N2O2. The van der Waals surface area contributed by atoms with Crippen LogP contribution in [-0.2, 0) is 22.5 Å². The molecule has 4 nitrogen and oxygen atoms in total. The molecule has 0 unspecified atom stereocenters. The predicted molar refractivity (Wildman–Crippen MR) is 81.7 cm³/mol. The average molecular weight is 278 g/mol. The van der Waals surface area contributed by atoms with Crippen molar-refractivity contribution in [1.82, 2.24) is 9.80 Å². The van der Waals surface area contributed by atoms with Crippen molar-refractivity contribution in [3.8, 4) is 0 Å². The molecule has 0 fully saturated rings. The lowest BCUT2D eigenvalue weighted by Crippen LogP contribution is -2.24. The van der Waals surface area contributed by atoms with Crippen LogP contribution in [0.1, 0.15) is 17.5 Å². The minimum atomic E-state index is -0.187. The molecule has 0 aliphatic heterocycles. The molecule has 4 heteroatoms. The van der Waals surface area contributed by atoms with Crippen LogP contribution in [0, 0.1) is 0 Å². The Kier molecular flexibility index (Phi) is 7.26. The first-order chi connectivity index (χ1) is 9.52. The molecule has 0 aliphatic rings. The van der Waals surface area contributed by atoms with Crippen LogP contribution in [0.25, 0.3) is 0 Å². The quantitative estimate of drug-likeness (QED) is 0.679. The lowest BCUT2D eigenvalue weighted by Gasteiger charge is -2.19. The Morgan fingerprint density at radius 2 is 1.75 bits per heavy atom. The number of ether oxygens (including phenoxy) is 1. The fourth-order valence-electron chi connectivity index (χ4n) is 2.14. The maximum atomic E-state index is 11.4. The van der Waals surface area contributed by atoms with Gasteiger partial charge in [0.1, 0.15) is 0 Å². The van der Waals surface area contributed by atoms with Crippen LogP contribution in [0.2, 0.25) is 0 Å². The molecule has 0 saturated carbocycles. The minimum Gasteiger partial charge on any atom is -0.469 e. The molecule has 1 aromatic carbocycles. The lowest BCUT2D eigenvalue weighted by molar-refractivity contribution is -0.139. The zero-order chi connectivity index (χ0) is 15.0. The molecule has 0 aliphatic carbocycles. The van der Waals surface area contributed by atoms with E-state index in [0.29, 0.717) is 6.42 Å². The van der Waals surface area contributed by atoms with Gasteiger partial charge >= 0.3 is 5.97 Å². The van der Waals surface area contributed by atoms with Gasteiger partial charge in [-0.05, 0) is 51.8 Å². The summed E-state index contributed by atoms with van der Waals surface area (Å²) in [5.74, 6) is -0.187. The zero-order valence-electron chi connectivity index (χ0n) is 13.1. The van der Waals surface area contributed by atoms with E-state index >= 15 is 0 Å². The number of hydrogen-bond acceptors (Lipinski definition) is 4. The third-order valence-electron chi connectivity index (χ3n) is 3.27. The Morgan fingerprint density at radius 1 is 1.10 bits per heavy atom. The second-order valence-electron chi connectivity index (χ2n) is 5.42. The molecule has 0 aromatic heterocycles. The van der Waals surface area contributed by atoms with Crippen molar-refractivity contribution in [3.05, 3.63) is 35.4 Å². The topological polar surface area (TPSA) is 32.8 Å². The SMILES string of the molecule is COC(=O)Cc1ccccc1CN(C)CCCN(C)C. The molecule has 0 amide bonds. The molecule has 0 atom stereocenters. The van der Waals surface area contributed by atoms with Crippen LogP contribution in [0.4, 0.5) is 0 Å². The Morgan fingerprint density at radius 3 is 2.35 bits per heavy atom. The number of carbonyl (C=O) groups is 1. The molecule has 0 bridgehead atoms. The number of nitrogens with zero attached hydrogens (tertiary/aromatic N) is 2. The van der Waals surface area contributed by atoms with E-state index in [2.05, 4.69) is 37.0 Å². The fraction of sp³-hybridized carbons (Fsp3) is 0.562. The van der Waals surface area contributed by atoms with Gasteiger partial charge in [-0.15, -0.1) is 0 Å². The first-order valence-electron chi connectivity index (χ1n) is 6.99. The molecule has 0 spiro atoms. The van der Waals surface area contributed by atoms with Crippen molar-refractivity contribution in [2.45, 2.75) is 19.4 Å². The zero-order valence-corrected chi connectivity index (χ0v) is 13.1. The van der Waals surface area contributed by atoms with E-state index < -0.39 is 0 Å². The van der Waals surface area contributed by atoms with E-state index in [1.807, 2.05) is 18.2 Å². The first-order valence-corrected chi connectivity index (χ1v) is 6.99. The number of carbonyl (C=O) groups excluding carboxylic acids is 1.